The maximum atomic E-state index is 13.1. The fourth-order valence-electron chi connectivity index (χ4n) is 2.01. The van der Waals surface area contributed by atoms with Gasteiger partial charge in [-0.2, -0.15) is 0 Å². The van der Waals surface area contributed by atoms with E-state index in [2.05, 4.69) is 4.98 Å². The van der Waals surface area contributed by atoms with Crippen LogP contribution in [-0.4, -0.2) is 9.97 Å². The summed E-state index contributed by atoms with van der Waals surface area (Å²) in [6.45, 7) is 5.52. The largest absolute Gasteiger partial charge is 0.438 e. The van der Waals surface area contributed by atoms with Crippen LogP contribution in [-0.2, 0) is 0 Å². The zero-order chi connectivity index (χ0) is 14.9. The van der Waals surface area contributed by atoms with Crippen LogP contribution in [0.2, 0.25) is 0 Å². The van der Waals surface area contributed by atoms with Crippen molar-refractivity contribution >= 4 is 17.2 Å². The summed E-state index contributed by atoms with van der Waals surface area (Å²) in [6, 6.07) is 6.19. The Kier molecular flexibility index (Phi) is 3.99. The normalized spacial score (nSPS) is 10.4. The van der Waals surface area contributed by atoms with Crippen molar-refractivity contribution in [2.75, 3.05) is 0 Å². The number of nitrogens with two attached hydrogens (primary N) is 1. The van der Waals surface area contributed by atoms with Gasteiger partial charge in [0, 0.05) is 5.69 Å². The number of ether oxygens (including phenoxy) is 1. The molecule has 0 bridgehead atoms. The first-order valence-electron chi connectivity index (χ1n) is 6.10. The molecular formula is C15H15FN2OS. The smallest absolute Gasteiger partial charge is 0.229 e. The summed E-state index contributed by atoms with van der Waals surface area (Å²) in [5.74, 6) is 0.573. The monoisotopic (exact) mass is 290 g/mol. The van der Waals surface area contributed by atoms with Crippen molar-refractivity contribution < 1.29 is 9.13 Å². The molecule has 0 amide bonds. The number of aryl methyl sites for hydroxylation is 3. The molecule has 104 valence electrons. The highest BCUT2D eigenvalue weighted by atomic mass is 32.1. The number of thiocarbonyl (C=S) groups is 1. The van der Waals surface area contributed by atoms with Crippen LogP contribution in [0.1, 0.15) is 22.4 Å². The number of rotatable bonds is 3. The molecule has 2 rings (SSSR count). The lowest BCUT2D eigenvalue weighted by atomic mass is 10.1. The van der Waals surface area contributed by atoms with E-state index in [1.165, 1.54) is 12.1 Å². The molecule has 0 aliphatic carbocycles. The van der Waals surface area contributed by atoms with E-state index in [1.807, 2.05) is 19.9 Å². The summed E-state index contributed by atoms with van der Waals surface area (Å²) in [4.78, 5) is 4.56. The maximum Gasteiger partial charge on any atom is 0.229 e. The lowest BCUT2D eigenvalue weighted by molar-refractivity contribution is 0.455. The van der Waals surface area contributed by atoms with Gasteiger partial charge < -0.3 is 10.5 Å². The van der Waals surface area contributed by atoms with Crippen LogP contribution in [0.15, 0.2) is 24.3 Å². The summed E-state index contributed by atoms with van der Waals surface area (Å²) >= 11 is 5.05. The van der Waals surface area contributed by atoms with Gasteiger partial charge in [-0.3, -0.25) is 0 Å². The van der Waals surface area contributed by atoms with E-state index in [4.69, 9.17) is 22.7 Å². The van der Waals surface area contributed by atoms with Crippen molar-refractivity contribution in [1.82, 2.24) is 4.98 Å². The molecule has 0 spiro atoms. The van der Waals surface area contributed by atoms with Crippen molar-refractivity contribution in [3.8, 4) is 11.6 Å². The highest BCUT2D eigenvalue weighted by molar-refractivity contribution is 7.80. The molecule has 20 heavy (non-hydrogen) atoms. The molecule has 0 saturated carbocycles. The number of halogens is 1. The maximum absolute atomic E-state index is 13.1. The molecule has 2 N–H and O–H groups in total. The topological polar surface area (TPSA) is 48.1 Å². The Labute approximate surface area is 122 Å². The van der Waals surface area contributed by atoms with E-state index >= 15 is 0 Å². The van der Waals surface area contributed by atoms with Crippen LogP contribution in [0.5, 0.6) is 11.6 Å². The number of nitrogens with zero attached hydrogens (tertiary/aromatic N) is 1. The second-order valence-electron chi connectivity index (χ2n) is 4.64. The predicted octanol–water partition coefficient (Wildman–Crippen LogP) is 3.57. The van der Waals surface area contributed by atoms with Crippen LogP contribution in [0, 0.1) is 26.6 Å². The van der Waals surface area contributed by atoms with Gasteiger partial charge >= 0.3 is 0 Å². The minimum Gasteiger partial charge on any atom is -0.438 e. The number of hydrogen-bond donors (Lipinski definition) is 1. The molecular weight excluding hydrogens is 275 g/mol. The lowest BCUT2D eigenvalue weighted by Gasteiger charge is -2.14. The first-order valence-corrected chi connectivity index (χ1v) is 6.51. The molecule has 5 heteroatoms. The summed E-state index contributed by atoms with van der Waals surface area (Å²) < 4.78 is 18.9. The Morgan fingerprint density at radius 2 is 1.90 bits per heavy atom. The quantitative estimate of drug-likeness (QED) is 0.878. The third kappa shape index (κ3) is 2.93. The van der Waals surface area contributed by atoms with Gasteiger partial charge in [0.1, 0.15) is 16.6 Å². The van der Waals surface area contributed by atoms with Crippen molar-refractivity contribution in [1.29, 1.82) is 0 Å². The van der Waals surface area contributed by atoms with Crippen molar-refractivity contribution in [2.45, 2.75) is 20.8 Å². The SMILES string of the molecule is Cc1cc(C)c(C(N)=S)c(Oc2ccc(F)cc2C)n1. The third-order valence-electron chi connectivity index (χ3n) is 2.90. The number of pyridine rings is 1. The Bertz CT molecular complexity index is 686. The highest BCUT2D eigenvalue weighted by Crippen LogP contribution is 2.28. The molecule has 0 atom stereocenters. The minimum atomic E-state index is -0.308. The molecule has 0 saturated heterocycles. The van der Waals surface area contributed by atoms with Crippen LogP contribution >= 0.6 is 12.2 Å². The summed E-state index contributed by atoms with van der Waals surface area (Å²) in [7, 11) is 0. The second-order valence-corrected chi connectivity index (χ2v) is 5.08. The molecule has 1 heterocycles. The Morgan fingerprint density at radius 3 is 2.50 bits per heavy atom. The van der Waals surface area contributed by atoms with Crippen LogP contribution in [0.25, 0.3) is 0 Å². The molecule has 0 aliphatic rings. The fraction of sp³-hybridized carbons (Fsp3) is 0.200. The standard InChI is InChI=1S/C15H15FN2OS/c1-8-7-11(16)4-5-12(8)19-15-13(14(17)20)9(2)6-10(3)18-15/h4-7H,1-3H3,(H2,17,20). The van der Waals surface area contributed by atoms with E-state index in [1.54, 1.807) is 13.0 Å². The van der Waals surface area contributed by atoms with E-state index in [-0.39, 0.29) is 10.8 Å². The zero-order valence-corrected chi connectivity index (χ0v) is 12.3. The molecule has 2 aromatic rings. The first kappa shape index (κ1) is 14.4. The summed E-state index contributed by atoms with van der Waals surface area (Å²) in [5, 5.41) is 0. The Morgan fingerprint density at radius 1 is 1.20 bits per heavy atom. The second kappa shape index (κ2) is 5.54. The van der Waals surface area contributed by atoms with E-state index in [9.17, 15) is 4.39 Å². The molecule has 1 aromatic heterocycles. The molecule has 1 aromatic carbocycles. The average Bonchev–Trinajstić information content (AvgIpc) is 2.31. The van der Waals surface area contributed by atoms with Gasteiger partial charge in [-0.25, -0.2) is 9.37 Å². The van der Waals surface area contributed by atoms with Crippen molar-refractivity contribution in [3.05, 3.63) is 52.5 Å². The van der Waals surface area contributed by atoms with Crippen LogP contribution in [0.3, 0.4) is 0 Å². The average molecular weight is 290 g/mol. The van der Waals surface area contributed by atoms with Gasteiger partial charge in [0.25, 0.3) is 0 Å². The highest BCUT2D eigenvalue weighted by Gasteiger charge is 2.14. The number of aromatic nitrogens is 1. The van der Waals surface area contributed by atoms with Crippen LogP contribution < -0.4 is 10.5 Å². The van der Waals surface area contributed by atoms with Crippen molar-refractivity contribution in [3.63, 3.8) is 0 Å². The lowest BCUT2D eigenvalue weighted by Crippen LogP contribution is -2.14. The summed E-state index contributed by atoms with van der Waals surface area (Å²) in [6.07, 6.45) is 0. The van der Waals surface area contributed by atoms with E-state index in [0.29, 0.717) is 22.8 Å². The molecule has 0 radical (unpaired) electrons. The van der Waals surface area contributed by atoms with Gasteiger partial charge in [-0.15, -0.1) is 0 Å². The first-order chi connectivity index (χ1) is 9.38. The van der Waals surface area contributed by atoms with Gasteiger partial charge in [-0.05, 0) is 56.2 Å². The third-order valence-corrected chi connectivity index (χ3v) is 3.11. The van der Waals surface area contributed by atoms with Crippen LogP contribution in [0.4, 0.5) is 4.39 Å². The fourth-order valence-corrected chi connectivity index (χ4v) is 2.26. The van der Waals surface area contributed by atoms with Gasteiger partial charge in [0.15, 0.2) is 0 Å². The molecule has 3 nitrogen and oxygen atoms in total. The molecule has 0 aliphatic heterocycles. The van der Waals surface area contributed by atoms with Gasteiger partial charge in [0.05, 0.1) is 5.56 Å². The van der Waals surface area contributed by atoms with Gasteiger partial charge in [-0.1, -0.05) is 12.2 Å². The number of hydrogen-bond acceptors (Lipinski definition) is 3. The molecule has 0 fully saturated rings. The Hall–Kier alpha value is -2.01. The minimum absolute atomic E-state index is 0.227. The van der Waals surface area contributed by atoms with E-state index in [0.717, 1.165) is 11.3 Å². The van der Waals surface area contributed by atoms with Crippen molar-refractivity contribution in [2.24, 2.45) is 5.73 Å². The summed E-state index contributed by atoms with van der Waals surface area (Å²) in [5.41, 5.74) is 8.72. The van der Waals surface area contributed by atoms with Gasteiger partial charge in [0.2, 0.25) is 5.88 Å². The molecule has 0 unspecified atom stereocenters. The predicted molar refractivity (Wildman–Crippen MR) is 80.8 cm³/mol. The Balaban J connectivity index is 2.50. The number of benzene rings is 1. The zero-order valence-electron chi connectivity index (χ0n) is 11.5. The van der Waals surface area contributed by atoms with E-state index < -0.39 is 0 Å².